The van der Waals surface area contributed by atoms with Crippen LogP contribution in [0.1, 0.15) is 12.8 Å². The van der Waals surface area contributed by atoms with Gasteiger partial charge in [0.15, 0.2) is 0 Å². The van der Waals surface area contributed by atoms with Crippen molar-refractivity contribution in [1.82, 2.24) is 20.0 Å². The van der Waals surface area contributed by atoms with Gasteiger partial charge in [-0.3, -0.25) is 4.90 Å². The molecule has 2 amide bonds. The van der Waals surface area contributed by atoms with Crippen molar-refractivity contribution in [2.45, 2.75) is 18.9 Å². The molecule has 2 aliphatic rings. The summed E-state index contributed by atoms with van der Waals surface area (Å²) >= 11 is 0. The first-order valence-corrected chi connectivity index (χ1v) is 6.58. The molecule has 2 rings (SSSR count). The fourth-order valence-corrected chi connectivity index (χ4v) is 2.56. The first kappa shape index (κ1) is 12.6. The zero-order valence-corrected chi connectivity index (χ0v) is 11.0. The van der Waals surface area contributed by atoms with Crippen molar-refractivity contribution in [3.05, 3.63) is 0 Å². The Balaban J connectivity index is 1.74. The fourth-order valence-electron chi connectivity index (χ4n) is 2.56. The molecular formula is C12H24N4O. The summed E-state index contributed by atoms with van der Waals surface area (Å²) < 4.78 is 0. The van der Waals surface area contributed by atoms with Crippen molar-refractivity contribution in [3.63, 3.8) is 0 Å². The monoisotopic (exact) mass is 240 g/mol. The molecule has 5 heteroatoms. The van der Waals surface area contributed by atoms with E-state index in [-0.39, 0.29) is 6.03 Å². The summed E-state index contributed by atoms with van der Waals surface area (Å²) in [4.78, 5) is 18.4. The van der Waals surface area contributed by atoms with Gasteiger partial charge in [0.05, 0.1) is 0 Å². The van der Waals surface area contributed by atoms with Gasteiger partial charge < -0.3 is 15.1 Å². The summed E-state index contributed by atoms with van der Waals surface area (Å²) in [6.07, 6.45) is 2.30. The molecule has 2 aliphatic heterocycles. The Morgan fingerprint density at radius 3 is 2.59 bits per heavy atom. The molecule has 2 heterocycles. The minimum absolute atomic E-state index is 0.115. The quantitative estimate of drug-likeness (QED) is 0.740. The average molecular weight is 240 g/mol. The Hall–Kier alpha value is -0.810. The van der Waals surface area contributed by atoms with E-state index in [0.29, 0.717) is 6.04 Å². The summed E-state index contributed by atoms with van der Waals surface area (Å²) in [6.45, 7) is 5.85. The second-order valence-electron chi connectivity index (χ2n) is 5.28. The molecule has 0 aromatic carbocycles. The van der Waals surface area contributed by atoms with E-state index in [2.05, 4.69) is 29.2 Å². The number of likely N-dealkylation sites (N-methyl/N-ethyl adjacent to an activating group) is 2. The molecule has 1 atom stereocenters. The van der Waals surface area contributed by atoms with Gasteiger partial charge in [-0.1, -0.05) is 0 Å². The highest BCUT2D eigenvalue weighted by Crippen LogP contribution is 2.08. The number of likely N-dealkylation sites (tertiary alicyclic amines) is 1. The Morgan fingerprint density at radius 2 is 1.88 bits per heavy atom. The van der Waals surface area contributed by atoms with Crippen LogP contribution in [0, 0.1) is 0 Å². The van der Waals surface area contributed by atoms with Gasteiger partial charge in [-0.2, -0.15) is 0 Å². The van der Waals surface area contributed by atoms with Crippen LogP contribution in [0.4, 0.5) is 4.79 Å². The van der Waals surface area contributed by atoms with Crippen LogP contribution in [0.15, 0.2) is 0 Å². The van der Waals surface area contributed by atoms with Gasteiger partial charge in [0.2, 0.25) is 0 Å². The van der Waals surface area contributed by atoms with Gasteiger partial charge in [0.1, 0.15) is 0 Å². The normalized spacial score (nSPS) is 27.4. The first-order valence-electron chi connectivity index (χ1n) is 6.58. The first-order chi connectivity index (χ1) is 8.16. The SMILES string of the molecule is CN1CCN(C)C(CNC(=O)N2CCCC2)C1. The second-order valence-corrected chi connectivity index (χ2v) is 5.28. The molecule has 17 heavy (non-hydrogen) atoms. The molecule has 2 saturated heterocycles. The van der Waals surface area contributed by atoms with E-state index in [9.17, 15) is 4.79 Å². The van der Waals surface area contributed by atoms with Crippen LogP contribution in [0.2, 0.25) is 0 Å². The zero-order chi connectivity index (χ0) is 12.3. The summed E-state index contributed by atoms with van der Waals surface area (Å²) in [7, 11) is 4.28. The number of nitrogens with zero attached hydrogens (tertiary/aromatic N) is 3. The third kappa shape index (κ3) is 3.33. The molecule has 1 N–H and O–H groups in total. The number of carbonyl (C=O) groups is 1. The molecule has 0 aromatic rings. The van der Waals surface area contributed by atoms with E-state index in [1.165, 1.54) is 0 Å². The van der Waals surface area contributed by atoms with Gasteiger partial charge in [-0.15, -0.1) is 0 Å². The van der Waals surface area contributed by atoms with Gasteiger partial charge in [-0.05, 0) is 26.9 Å². The van der Waals surface area contributed by atoms with E-state index >= 15 is 0 Å². The number of carbonyl (C=O) groups excluding carboxylic acids is 1. The molecule has 0 spiro atoms. The number of hydrogen-bond donors (Lipinski definition) is 1. The highest BCUT2D eigenvalue weighted by molar-refractivity contribution is 5.74. The smallest absolute Gasteiger partial charge is 0.317 e. The van der Waals surface area contributed by atoms with Crippen molar-refractivity contribution >= 4 is 6.03 Å². The molecular weight excluding hydrogens is 216 g/mol. The average Bonchev–Trinajstić information content (AvgIpc) is 2.83. The highest BCUT2D eigenvalue weighted by atomic mass is 16.2. The van der Waals surface area contributed by atoms with E-state index in [1.54, 1.807) is 0 Å². The highest BCUT2D eigenvalue weighted by Gasteiger charge is 2.24. The Morgan fingerprint density at radius 1 is 1.18 bits per heavy atom. The van der Waals surface area contributed by atoms with E-state index < -0.39 is 0 Å². The van der Waals surface area contributed by atoms with Crippen molar-refractivity contribution in [2.24, 2.45) is 0 Å². The third-order valence-corrected chi connectivity index (χ3v) is 3.86. The topological polar surface area (TPSA) is 38.8 Å². The third-order valence-electron chi connectivity index (χ3n) is 3.86. The van der Waals surface area contributed by atoms with Crippen LogP contribution < -0.4 is 5.32 Å². The Labute approximate surface area is 104 Å². The van der Waals surface area contributed by atoms with Gasteiger partial charge >= 0.3 is 6.03 Å². The number of piperazine rings is 1. The van der Waals surface area contributed by atoms with Crippen LogP contribution in [-0.4, -0.2) is 80.1 Å². The van der Waals surface area contributed by atoms with Gasteiger partial charge in [0.25, 0.3) is 0 Å². The molecule has 0 aliphatic carbocycles. The molecule has 1 unspecified atom stereocenters. The largest absolute Gasteiger partial charge is 0.336 e. The van der Waals surface area contributed by atoms with E-state index in [0.717, 1.165) is 52.1 Å². The Bertz CT molecular complexity index is 265. The lowest BCUT2D eigenvalue weighted by atomic mass is 10.2. The maximum atomic E-state index is 11.9. The van der Waals surface area contributed by atoms with Crippen molar-refractivity contribution in [2.75, 3.05) is 53.4 Å². The summed E-state index contributed by atoms with van der Waals surface area (Å²) in [5, 5.41) is 3.06. The summed E-state index contributed by atoms with van der Waals surface area (Å²) in [5.74, 6) is 0. The van der Waals surface area contributed by atoms with E-state index in [1.807, 2.05) is 4.90 Å². The standard InChI is InChI=1S/C12H24N4O/c1-14-7-8-15(2)11(10-14)9-13-12(17)16-5-3-4-6-16/h11H,3-10H2,1-2H3,(H,13,17). The van der Waals surface area contributed by atoms with E-state index in [4.69, 9.17) is 0 Å². The van der Waals surface area contributed by atoms with Crippen LogP contribution in [0.3, 0.4) is 0 Å². The van der Waals surface area contributed by atoms with Crippen LogP contribution >= 0.6 is 0 Å². The number of hydrogen-bond acceptors (Lipinski definition) is 3. The second kappa shape index (κ2) is 5.69. The zero-order valence-electron chi connectivity index (χ0n) is 11.0. The van der Waals surface area contributed by atoms with Crippen LogP contribution in [0.25, 0.3) is 0 Å². The van der Waals surface area contributed by atoms with Crippen molar-refractivity contribution < 1.29 is 4.79 Å². The Kier molecular flexibility index (Phi) is 4.23. The number of urea groups is 1. The van der Waals surface area contributed by atoms with Gasteiger partial charge in [0, 0.05) is 45.3 Å². The summed E-state index contributed by atoms with van der Waals surface area (Å²) in [5.41, 5.74) is 0. The molecule has 5 nitrogen and oxygen atoms in total. The number of nitrogens with one attached hydrogen (secondary N) is 1. The molecule has 0 saturated carbocycles. The molecule has 0 bridgehead atoms. The van der Waals surface area contributed by atoms with Crippen LogP contribution in [-0.2, 0) is 0 Å². The minimum atomic E-state index is 0.115. The number of rotatable bonds is 2. The van der Waals surface area contributed by atoms with Gasteiger partial charge in [-0.25, -0.2) is 4.79 Å². The van der Waals surface area contributed by atoms with Crippen molar-refractivity contribution in [3.8, 4) is 0 Å². The lowest BCUT2D eigenvalue weighted by molar-refractivity contribution is 0.113. The maximum absolute atomic E-state index is 11.9. The molecule has 2 fully saturated rings. The molecule has 0 aromatic heterocycles. The minimum Gasteiger partial charge on any atom is -0.336 e. The summed E-state index contributed by atoms with van der Waals surface area (Å²) in [6, 6.07) is 0.560. The lowest BCUT2D eigenvalue weighted by Gasteiger charge is -2.37. The predicted molar refractivity (Wildman–Crippen MR) is 68.1 cm³/mol. The lowest BCUT2D eigenvalue weighted by Crippen LogP contribution is -2.55. The maximum Gasteiger partial charge on any atom is 0.317 e. The predicted octanol–water partition coefficient (Wildman–Crippen LogP) is 0.0376. The molecule has 98 valence electrons. The fraction of sp³-hybridized carbons (Fsp3) is 0.917. The van der Waals surface area contributed by atoms with Crippen molar-refractivity contribution in [1.29, 1.82) is 0 Å². The van der Waals surface area contributed by atoms with Crippen LogP contribution in [0.5, 0.6) is 0 Å². The number of amides is 2. The molecule has 0 radical (unpaired) electrons.